The van der Waals surface area contributed by atoms with Crippen molar-refractivity contribution in [2.24, 2.45) is 0 Å². The lowest BCUT2D eigenvalue weighted by Crippen LogP contribution is -2.25. The molecule has 1 aromatic heterocycles. The van der Waals surface area contributed by atoms with Crippen LogP contribution in [-0.4, -0.2) is 37.3 Å². The molecule has 7 nitrogen and oxygen atoms in total. The molecular formula is C16H17ClN2O5. The molecule has 24 heavy (non-hydrogen) atoms. The molecule has 0 radical (unpaired) electrons. The van der Waals surface area contributed by atoms with Crippen LogP contribution >= 0.6 is 11.6 Å². The standard InChI is InChI=1S/C16H17ClN2O5/c1-3-23-13-5-4-11(17)8-10(13)6-7-18-15(20)14-9-12(19-24-14)16(21)22-2/h4-5,8-9H,3,6-7H2,1-2H3,(H,18,20). The second kappa shape index (κ2) is 8.35. The van der Waals surface area contributed by atoms with E-state index in [2.05, 4.69) is 15.2 Å². The summed E-state index contributed by atoms with van der Waals surface area (Å²) in [7, 11) is 1.22. The largest absolute Gasteiger partial charge is 0.494 e. The van der Waals surface area contributed by atoms with Crippen LogP contribution in [0.4, 0.5) is 0 Å². The van der Waals surface area contributed by atoms with E-state index in [1.54, 1.807) is 18.2 Å². The number of benzene rings is 1. The number of carbonyl (C=O) groups is 2. The summed E-state index contributed by atoms with van der Waals surface area (Å²) in [5.74, 6) is -0.481. The Bertz CT molecular complexity index is 729. The van der Waals surface area contributed by atoms with Crippen LogP contribution in [0.2, 0.25) is 5.02 Å². The zero-order valence-corrected chi connectivity index (χ0v) is 14.1. The number of aromatic nitrogens is 1. The summed E-state index contributed by atoms with van der Waals surface area (Å²) in [6, 6.07) is 6.56. The summed E-state index contributed by atoms with van der Waals surface area (Å²) in [5.41, 5.74) is 0.827. The number of rotatable bonds is 7. The van der Waals surface area contributed by atoms with Crippen molar-refractivity contribution in [3.63, 3.8) is 0 Å². The van der Waals surface area contributed by atoms with Crippen LogP contribution in [0.5, 0.6) is 5.75 Å². The minimum Gasteiger partial charge on any atom is -0.494 e. The number of nitrogens with zero attached hydrogens (tertiary/aromatic N) is 1. The van der Waals surface area contributed by atoms with Gasteiger partial charge in [-0.05, 0) is 37.1 Å². The predicted octanol–water partition coefficient (Wildman–Crippen LogP) is 2.49. The molecule has 2 aromatic rings. The highest BCUT2D eigenvalue weighted by Crippen LogP contribution is 2.23. The van der Waals surface area contributed by atoms with Gasteiger partial charge in [0.15, 0.2) is 5.69 Å². The fourth-order valence-electron chi connectivity index (χ4n) is 2.02. The quantitative estimate of drug-likeness (QED) is 0.770. The molecular weight excluding hydrogens is 336 g/mol. The molecule has 0 unspecified atom stereocenters. The Morgan fingerprint density at radius 2 is 2.12 bits per heavy atom. The number of methoxy groups -OCH3 is 1. The topological polar surface area (TPSA) is 90.7 Å². The highest BCUT2D eigenvalue weighted by Gasteiger charge is 2.17. The minimum atomic E-state index is -0.668. The Kier molecular flexibility index (Phi) is 6.20. The SMILES string of the molecule is CCOc1ccc(Cl)cc1CCNC(=O)c1cc(C(=O)OC)no1. The number of esters is 1. The molecule has 0 atom stereocenters. The van der Waals surface area contributed by atoms with Crippen molar-refractivity contribution in [3.05, 3.63) is 46.3 Å². The van der Waals surface area contributed by atoms with Crippen molar-refractivity contribution in [1.29, 1.82) is 0 Å². The van der Waals surface area contributed by atoms with E-state index in [-0.39, 0.29) is 11.5 Å². The molecule has 0 saturated carbocycles. The molecule has 1 aromatic carbocycles. The second-order valence-corrected chi connectivity index (χ2v) is 5.20. The average Bonchev–Trinajstić information content (AvgIpc) is 3.06. The normalized spacial score (nSPS) is 10.3. The van der Waals surface area contributed by atoms with E-state index in [9.17, 15) is 9.59 Å². The van der Waals surface area contributed by atoms with Gasteiger partial charge in [-0.2, -0.15) is 0 Å². The van der Waals surface area contributed by atoms with E-state index in [1.165, 1.54) is 13.2 Å². The van der Waals surface area contributed by atoms with Crippen LogP contribution in [0.15, 0.2) is 28.8 Å². The average molecular weight is 353 g/mol. The van der Waals surface area contributed by atoms with E-state index in [4.69, 9.17) is 20.9 Å². The summed E-state index contributed by atoms with van der Waals surface area (Å²) in [5, 5.41) is 6.75. The third kappa shape index (κ3) is 4.48. The maximum Gasteiger partial charge on any atom is 0.360 e. The van der Waals surface area contributed by atoms with Gasteiger partial charge >= 0.3 is 5.97 Å². The van der Waals surface area contributed by atoms with Gasteiger partial charge < -0.3 is 19.3 Å². The van der Waals surface area contributed by atoms with Gasteiger partial charge in [0.25, 0.3) is 5.91 Å². The molecule has 0 aliphatic heterocycles. The van der Waals surface area contributed by atoms with Gasteiger partial charge in [-0.1, -0.05) is 16.8 Å². The van der Waals surface area contributed by atoms with Crippen molar-refractivity contribution in [2.75, 3.05) is 20.3 Å². The van der Waals surface area contributed by atoms with E-state index < -0.39 is 11.9 Å². The third-order valence-corrected chi connectivity index (χ3v) is 3.37. The van der Waals surface area contributed by atoms with Crippen molar-refractivity contribution in [2.45, 2.75) is 13.3 Å². The van der Waals surface area contributed by atoms with Crippen LogP contribution in [0.25, 0.3) is 0 Å². The molecule has 1 N–H and O–H groups in total. The molecule has 1 amide bonds. The molecule has 1 heterocycles. The van der Waals surface area contributed by atoms with Gasteiger partial charge in [-0.3, -0.25) is 4.79 Å². The van der Waals surface area contributed by atoms with Crippen LogP contribution in [0.1, 0.15) is 33.5 Å². The molecule has 2 rings (SSSR count). The third-order valence-electron chi connectivity index (χ3n) is 3.13. The van der Waals surface area contributed by atoms with E-state index in [0.717, 1.165) is 11.3 Å². The van der Waals surface area contributed by atoms with Crippen LogP contribution < -0.4 is 10.1 Å². The monoisotopic (exact) mass is 352 g/mol. The number of hydrogen-bond donors (Lipinski definition) is 1. The Morgan fingerprint density at radius 1 is 1.33 bits per heavy atom. The van der Waals surface area contributed by atoms with Gasteiger partial charge in [0, 0.05) is 17.6 Å². The molecule has 0 saturated heterocycles. The number of nitrogens with one attached hydrogen (secondary N) is 1. The van der Waals surface area contributed by atoms with E-state index in [0.29, 0.717) is 24.6 Å². The lowest BCUT2D eigenvalue weighted by atomic mass is 10.1. The molecule has 0 spiro atoms. The van der Waals surface area contributed by atoms with Gasteiger partial charge in [-0.15, -0.1) is 0 Å². The summed E-state index contributed by atoms with van der Waals surface area (Å²) < 4.78 is 14.8. The predicted molar refractivity (Wildman–Crippen MR) is 86.5 cm³/mol. The Morgan fingerprint density at radius 3 is 2.83 bits per heavy atom. The zero-order chi connectivity index (χ0) is 17.5. The Hall–Kier alpha value is -2.54. The van der Waals surface area contributed by atoms with Gasteiger partial charge in [-0.25, -0.2) is 4.79 Å². The molecule has 0 fully saturated rings. The van der Waals surface area contributed by atoms with Crippen LogP contribution in [0, 0.1) is 0 Å². The number of ether oxygens (including phenoxy) is 2. The van der Waals surface area contributed by atoms with E-state index in [1.807, 2.05) is 6.92 Å². The number of hydrogen-bond acceptors (Lipinski definition) is 6. The maximum atomic E-state index is 12.0. The molecule has 0 aliphatic rings. The molecule has 128 valence electrons. The smallest absolute Gasteiger partial charge is 0.360 e. The molecule has 0 aliphatic carbocycles. The summed E-state index contributed by atoms with van der Waals surface area (Å²) >= 11 is 5.99. The van der Waals surface area contributed by atoms with E-state index >= 15 is 0 Å². The summed E-state index contributed by atoms with van der Waals surface area (Å²) in [4.78, 5) is 23.3. The first kappa shape index (κ1) is 17.8. The van der Waals surface area contributed by atoms with Crippen LogP contribution in [0.3, 0.4) is 0 Å². The maximum absolute atomic E-state index is 12.0. The van der Waals surface area contributed by atoms with Crippen molar-refractivity contribution in [1.82, 2.24) is 10.5 Å². The fraction of sp³-hybridized carbons (Fsp3) is 0.312. The molecule has 0 bridgehead atoms. The first-order valence-electron chi connectivity index (χ1n) is 7.29. The number of carbonyl (C=O) groups excluding carboxylic acids is 2. The summed E-state index contributed by atoms with van der Waals surface area (Å²) in [6.45, 7) is 2.77. The fourth-order valence-corrected chi connectivity index (χ4v) is 2.22. The van der Waals surface area contributed by atoms with Gasteiger partial charge in [0.05, 0.1) is 13.7 Å². The van der Waals surface area contributed by atoms with Crippen molar-refractivity contribution in [3.8, 4) is 5.75 Å². The number of amides is 1. The first-order valence-corrected chi connectivity index (χ1v) is 7.67. The minimum absolute atomic E-state index is 0.0591. The van der Waals surface area contributed by atoms with Gasteiger partial charge in [0.1, 0.15) is 5.75 Å². The van der Waals surface area contributed by atoms with Crippen molar-refractivity contribution < 1.29 is 23.6 Å². The lowest BCUT2D eigenvalue weighted by molar-refractivity contribution is 0.0588. The second-order valence-electron chi connectivity index (χ2n) is 4.76. The van der Waals surface area contributed by atoms with Crippen LogP contribution in [-0.2, 0) is 11.2 Å². The number of halogens is 1. The van der Waals surface area contributed by atoms with Crippen molar-refractivity contribution >= 4 is 23.5 Å². The Balaban J connectivity index is 1.94. The lowest BCUT2D eigenvalue weighted by Gasteiger charge is -2.10. The Labute approximate surface area is 143 Å². The first-order chi connectivity index (χ1) is 11.5. The highest BCUT2D eigenvalue weighted by atomic mass is 35.5. The highest BCUT2D eigenvalue weighted by molar-refractivity contribution is 6.30. The summed E-state index contributed by atoms with van der Waals surface area (Å²) in [6.07, 6.45) is 0.527. The zero-order valence-electron chi connectivity index (χ0n) is 13.3. The molecule has 8 heteroatoms. The van der Waals surface area contributed by atoms with Gasteiger partial charge in [0.2, 0.25) is 5.76 Å².